The number of allylic oxidation sites excluding steroid dienone is 1. The van der Waals surface area contributed by atoms with E-state index in [1.807, 2.05) is 32.5 Å². The lowest BCUT2D eigenvalue weighted by Gasteiger charge is -2.42. The maximum Gasteiger partial charge on any atom is 0.119 e. The second-order valence-electron chi connectivity index (χ2n) is 7.72. The van der Waals surface area contributed by atoms with E-state index in [1.165, 1.54) is 32.0 Å². The van der Waals surface area contributed by atoms with Gasteiger partial charge in [0.25, 0.3) is 0 Å². The Morgan fingerprint density at radius 2 is 1.75 bits per heavy atom. The summed E-state index contributed by atoms with van der Waals surface area (Å²) in [5.74, 6) is 0.971. The van der Waals surface area contributed by atoms with Crippen molar-refractivity contribution in [2.24, 2.45) is 0 Å². The van der Waals surface area contributed by atoms with Gasteiger partial charge in [-0.25, -0.2) is 0 Å². The highest BCUT2D eigenvalue weighted by Crippen LogP contribution is 2.42. The van der Waals surface area contributed by atoms with Crippen LogP contribution in [0.1, 0.15) is 49.1 Å². The largest absolute Gasteiger partial charge is 0.497 e. The first-order chi connectivity index (χ1) is 15.7. The van der Waals surface area contributed by atoms with Gasteiger partial charge in [0, 0.05) is 28.9 Å². The molecule has 0 saturated carbocycles. The van der Waals surface area contributed by atoms with Gasteiger partial charge < -0.3 is 4.74 Å². The summed E-state index contributed by atoms with van der Waals surface area (Å²) in [4.78, 5) is 5.36. The van der Waals surface area contributed by atoms with Crippen LogP contribution in [0.5, 0.6) is 5.75 Å². The molecule has 0 radical (unpaired) electrons. The first kappa shape index (κ1) is 24.2. The molecule has 0 N–H and O–H groups in total. The second kappa shape index (κ2) is 11.9. The lowest BCUT2D eigenvalue weighted by atomic mass is 9.84. The van der Waals surface area contributed by atoms with E-state index in [0.29, 0.717) is 6.04 Å². The molecule has 3 aromatic rings. The summed E-state index contributed by atoms with van der Waals surface area (Å²) >= 11 is 1.89. The number of rotatable bonds is 3. The van der Waals surface area contributed by atoms with Crippen molar-refractivity contribution >= 4 is 11.8 Å². The van der Waals surface area contributed by atoms with Crippen LogP contribution in [0.15, 0.2) is 89.2 Å². The van der Waals surface area contributed by atoms with Gasteiger partial charge in [0.15, 0.2) is 0 Å². The van der Waals surface area contributed by atoms with Gasteiger partial charge in [-0.2, -0.15) is 0 Å². The molecule has 0 amide bonds. The number of methoxy groups -OCH3 is 1. The standard InChI is InChI=1S/C24H23NOS.C3H6.C2H6/c1-26-19-10-11-21-17(14-19)12-13-25-16-18-6-5-9-24(22(18)15-23(21)25)27-20-7-3-2-4-8-20;1-3-2;1-2/h2-11,14,23H,12-13,15-16H2,1H3;3H,1H2,2H3;1-2H3. The predicted octanol–water partition coefficient (Wildman–Crippen LogP) is 7.72. The van der Waals surface area contributed by atoms with Crippen LogP contribution < -0.4 is 4.74 Å². The number of fused-ring (bicyclic) bond motifs is 4. The van der Waals surface area contributed by atoms with Crippen molar-refractivity contribution in [3.63, 3.8) is 0 Å². The third kappa shape index (κ3) is 5.46. The highest BCUT2D eigenvalue weighted by molar-refractivity contribution is 7.99. The van der Waals surface area contributed by atoms with Crippen molar-refractivity contribution in [3.05, 3.63) is 102 Å². The van der Waals surface area contributed by atoms with Gasteiger partial charge in [0.05, 0.1) is 7.11 Å². The zero-order valence-electron chi connectivity index (χ0n) is 19.8. The smallest absolute Gasteiger partial charge is 0.119 e. The van der Waals surface area contributed by atoms with E-state index >= 15 is 0 Å². The van der Waals surface area contributed by atoms with Crippen molar-refractivity contribution in [1.82, 2.24) is 4.90 Å². The normalized spacial score (nSPS) is 16.1. The molecule has 3 heteroatoms. The molecule has 2 nitrogen and oxygen atoms in total. The summed E-state index contributed by atoms with van der Waals surface area (Å²) in [5.41, 5.74) is 5.94. The van der Waals surface area contributed by atoms with E-state index in [0.717, 1.165) is 31.7 Å². The minimum absolute atomic E-state index is 0.477. The third-order valence-corrected chi connectivity index (χ3v) is 6.90. The fourth-order valence-corrected chi connectivity index (χ4v) is 5.44. The van der Waals surface area contributed by atoms with Gasteiger partial charge in [-0.1, -0.05) is 68.1 Å². The van der Waals surface area contributed by atoms with Gasteiger partial charge in [0.1, 0.15) is 5.75 Å². The van der Waals surface area contributed by atoms with Gasteiger partial charge >= 0.3 is 0 Å². The predicted molar refractivity (Wildman–Crippen MR) is 138 cm³/mol. The van der Waals surface area contributed by atoms with Crippen molar-refractivity contribution in [2.75, 3.05) is 13.7 Å². The van der Waals surface area contributed by atoms with E-state index in [-0.39, 0.29) is 0 Å². The molecule has 1 unspecified atom stereocenters. The minimum atomic E-state index is 0.477. The Kier molecular flexibility index (Phi) is 9.01. The molecule has 2 heterocycles. The molecule has 168 valence electrons. The molecule has 3 aromatic carbocycles. The molecule has 0 fully saturated rings. The van der Waals surface area contributed by atoms with Crippen LogP contribution in [0.4, 0.5) is 0 Å². The zero-order valence-corrected chi connectivity index (χ0v) is 20.6. The zero-order chi connectivity index (χ0) is 22.9. The van der Waals surface area contributed by atoms with E-state index in [1.54, 1.807) is 13.2 Å². The molecular formula is C29H35NOS. The third-order valence-electron chi connectivity index (χ3n) is 5.79. The topological polar surface area (TPSA) is 12.5 Å². The molecule has 0 spiro atoms. The van der Waals surface area contributed by atoms with Crippen LogP contribution in [-0.2, 0) is 19.4 Å². The van der Waals surface area contributed by atoms with Gasteiger partial charge in [-0.15, -0.1) is 6.58 Å². The van der Waals surface area contributed by atoms with E-state index in [9.17, 15) is 0 Å². The first-order valence-electron chi connectivity index (χ1n) is 11.5. The first-order valence-corrected chi connectivity index (χ1v) is 12.4. The highest BCUT2D eigenvalue weighted by atomic mass is 32.2. The quantitative estimate of drug-likeness (QED) is 0.383. The Morgan fingerprint density at radius 3 is 2.47 bits per heavy atom. The Hall–Kier alpha value is -2.49. The number of benzene rings is 3. The fourth-order valence-electron chi connectivity index (χ4n) is 4.41. The molecular weight excluding hydrogens is 410 g/mol. The average molecular weight is 446 g/mol. The summed E-state index contributed by atoms with van der Waals surface area (Å²) in [6.07, 6.45) is 3.95. The highest BCUT2D eigenvalue weighted by Gasteiger charge is 2.33. The Bertz CT molecular complexity index is 1010. The van der Waals surface area contributed by atoms with Crippen molar-refractivity contribution in [2.45, 2.75) is 56.0 Å². The van der Waals surface area contributed by atoms with Crippen molar-refractivity contribution in [3.8, 4) is 5.75 Å². The van der Waals surface area contributed by atoms with Crippen LogP contribution in [0.25, 0.3) is 0 Å². The summed E-state index contributed by atoms with van der Waals surface area (Å²) in [6.45, 7) is 11.4. The van der Waals surface area contributed by atoms with Crippen LogP contribution >= 0.6 is 11.8 Å². The molecule has 0 bridgehead atoms. The van der Waals surface area contributed by atoms with E-state index in [2.05, 4.69) is 78.2 Å². The Morgan fingerprint density at radius 1 is 1.00 bits per heavy atom. The molecule has 32 heavy (non-hydrogen) atoms. The average Bonchev–Trinajstić information content (AvgIpc) is 2.85. The van der Waals surface area contributed by atoms with E-state index in [4.69, 9.17) is 4.74 Å². The van der Waals surface area contributed by atoms with Crippen molar-refractivity contribution < 1.29 is 4.74 Å². The number of nitrogens with zero attached hydrogens (tertiary/aromatic N) is 1. The summed E-state index contributed by atoms with van der Waals surface area (Å²) in [5, 5.41) is 0. The maximum atomic E-state index is 5.44. The van der Waals surface area contributed by atoms with Crippen molar-refractivity contribution in [1.29, 1.82) is 0 Å². The molecule has 0 saturated heterocycles. The summed E-state index contributed by atoms with van der Waals surface area (Å²) < 4.78 is 5.44. The summed E-state index contributed by atoms with van der Waals surface area (Å²) in [6, 6.07) is 24.6. The Labute approximate surface area is 198 Å². The molecule has 2 aliphatic heterocycles. The van der Waals surface area contributed by atoms with Crippen LogP contribution in [0.3, 0.4) is 0 Å². The maximum absolute atomic E-state index is 5.44. The number of hydrogen-bond acceptors (Lipinski definition) is 3. The monoisotopic (exact) mass is 445 g/mol. The van der Waals surface area contributed by atoms with Gasteiger partial charge in [-0.05, 0) is 72.4 Å². The molecule has 2 aliphatic rings. The van der Waals surface area contributed by atoms with Crippen LogP contribution in [0, 0.1) is 0 Å². The summed E-state index contributed by atoms with van der Waals surface area (Å²) in [7, 11) is 1.75. The molecule has 0 aliphatic carbocycles. The van der Waals surface area contributed by atoms with E-state index < -0.39 is 0 Å². The second-order valence-corrected chi connectivity index (χ2v) is 8.84. The SMILES string of the molecule is C=CC.CC.COc1ccc2c(c1)CCN1Cc3cccc(Sc4ccccc4)c3CC21. The molecule has 0 aromatic heterocycles. The van der Waals surface area contributed by atoms with Crippen LogP contribution in [0.2, 0.25) is 0 Å². The fraction of sp³-hybridized carbons (Fsp3) is 0.310. The molecule has 1 atom stereocenters. The van der Waals surface area contributed by atoms with Crippen LogP contribution in [-0.4, -0.2) is 18.6 Å². The molecule has 5 rings (SSSR count). The number of ether oxygens (including phenoxy) is 1. The Balaban J connectivity index is 0.000000536. The number of hydrogen-bond donors (Lipinski definition) is 0. The van der Waals surface area contributed by atoms with Gasteiger partial charge in [0.2, 0.25) is 0 Å². The lowest BCUT2D eigenvalue weighted by molar-refractivity contribution is 0.159. The minimum Gasteiger partial charge on any atom is -0.497 e. The van der Waals surface area contributed by atoms with Gasteiger partial charge in [-0.3, -0.25) is 4.90 Å². The lowest BCUT2D eigenvalue weighted by Crippen LogP contribution is -2.39.